The summed E-state index contributed by atoms with van der Waals surface area (Å²) in [6.45, 7) is 7.05. The molecule has 0 aliphatic rings. The second-order valence-corrected chi connectivity index (χ2v) is 2.19. The van der Waals surface area contributed by atoms with Gasteiger partial charge >= 0.3 is 0 Å². The first-order chi connectivity index (χ1) is 5.88. The van der Waals surface area contributed by atoms with Crippen molar-refractivity contribution in [3.05, 3.63) is 48.8 Å². The molecule has 0 saturated carbocycles. The zero-order chi connectivity index (χ0) is 8.81. The molecule has 1 aromatic rings. The fraction of sp³-hybridized carbons (Fsp3) is 0. The summed E-state index contributed by atoms with van der Waals surface area (Å²) in [5.74, 6) is 0. The second kappa shape index (κ2) is 4.23. The maximum Gasteiger partial charge on any atom is 0.0709 e. The molecule has 1 rings (SSSR count). The maximum atomic E-state index is 3.97. The molecule has 1 aromatic heterocycles. The van der Waals surface area contributed by atoms with Gasteiger partial charge in [-0.15, -0.1) is 0 Å². The Balaban J connectivity index is 3.03. The summed E-state index contributed by atoms with van der Waals surface area (Å²) >= 11 is 0. The van der Waals surface area contributed by atoms with Crippen molar-refractivity contribution in [1.29, 1.82) is 0 Å². The molecule has 0 aliphatic heterocycles. The standard InChI is InChI=1S/C10H10N2/c1-3-5-10(11-2)9-6-4-7-12-8-9/h3-8H,1-2H2/b10-5-. The van der Waals surface area contributed by atoms with Crippen molar-refractivity contribution >= 4 is 12.4 Å². The van der Waals surface area contributed by atoms with Gasteiger partial charge in [-0.3, -0.25) is 9.98 Å². The molecule has 0 unspecified atom stereocenters. The number of hydrogen-bond acceptors (Lipinski definition) is 2. The average molecular weight is 158 g/mol. The number of aliphatic imine (C=N–C) groups is 1. The fourth-order valence-electron chi connectivity index (χ4n) is 0.866. The number of hydrogen-bond donors (Lipinski definition) is 0. The van der Waals surface area contributed by atoms with Crippen molar-refractivity contribution < 1.29 is 0 Å². The molecule has 0 amide bonds. The fourth-order valence-corrected chi connectivity index (χ4v) is 0.866. The topological polar surface area (TPSA) is 25.2 Å². The largest absolute Gasteiger partial charge is 0.264 e. The highest BCUT2D eigenvalue weighted by Crippen LogP contribution is 2.12. The highest BCUT2D eigenvalue weighted by Gasteiger charge is 1.94. The minimum Gasteiger partial charge on any atom is -0.264 e. The highest BCUT2D eigenvalue weighted by atomic mass is 14.7. The predicted molar refractivity (Wildman–Crippen MR) is 52.0 cm³/mol. The van der Waals surface area contributed by atoms with Gasteiger partial charge in [-0.25, -0.2) is 0 Å². The van der Waals surface area contributed by atoms with Crippen LogP contribution in [0.15, 0.2) is 48.2 Å². The van der Waals surface area contributed by atoms with Gasteiger partial charge in [0, 0.05) is 18.0 Å². The van der Waals surface area contributed by atoms with Crippen molar-refractivity contribution in [1.82, 2.24) is 4.98 Å². The first kappa shape index (κ1) is 8.40. The van der Waals surface area contributed by atoms with Crippen LogP contribution in [-0.4, -0.2) is 11.7 Å². The predicted octanol–water partition coefficient (Wildman–Crippen LogP) is 2.31. The number of rotatable bonds is 3. The molecule has 0 radical (unpaired) electrons. The Kier molecular flexibility index (Phi) is 2.96. The molecule has 0 N–H and O–H groups in total. The molecule has 0 aromatic carbocycles. The van der Waals surface area contributed by atoms with E-state index in [1.807, 2.05) is 12.1 Å². The minimum atomic E-state index is 0.790. The van der Waals surface area contributed by atoms with Gasteiger partial charge in [-0.2, -0.15) is 0 Å². The van der Waals surface area contributed by atoms with Gasteiger partial charge in [-0.1, -0.05) is 12.7 Å². The van der Waals surface area contributed by atoms with Gasteiger partial charge in [0.2, 0.25) is 0 Å². The molecule has 0 saturated heterocycles. The molecular weight excluding hydrogens is 148 g/mol. The Morgan fingerprint density at radius 3 is 2.92 bits per heavy atom. The molecule has 2 nitrogen and oxygen atoms in total. The molecule has 2 heteroatoms. The lowest BCUT2D eigenvalue weighted by Crippen LogP contribution is -1.80. The Bertz CT molecular complexity index is 299. The monoisotopic (exact) mass is 158 g/mol. The number of pyridine rings is 1. The van der Waals surface area contributed by atoms with E-state index >= 15 is 0 Å². The second-order valence-electron chi connectivity index (χ2n) is 2.19. The Hall–Kier alpha value is -1.70. The van der Waals surface area contributed by atoms with E-state index in [1.54, 1.807) is 24.5 Å². The molecule has 1 heterocycles. The molecule has 60 valence electrons. The van der Waals surface area contributed by atoms with Crippen LogP contribution in [0.1, 0.15) is 5.56 Å². The Morgan fingerprint density at radius 2 is 2.42 bits per heavy atom. The third kappa shape index (κ3) is 1.89. The number of nitrogens with zero attached hydrogens (tertiary/aromatic N) is 2. The molecule has 0 aliphatic carbocycles. The molecule has 0 fully saturated rings. The molecular formula is C10H10N2. The van der Waals surface area contributed by atoms with Gasteiger partial charge in [0.1, 0.15) is 0 Å². The van der Waals surface area contributed by atoms with Crippen LogP contribution in [0.4, 0.5) is 0 Å². The zero-order valence-corrected chi connectivity index (χ0v) is 6.77. The molecule has 0 bridgehead atoms. The summed E-state index contributed by atoms with van der Waals surface area (Å²) in [5, 5.41) is 0. The van der Waals surface area contributed by atoms with Crippen molar-refractivity contribution in [3.63, 3.8) is 0 Å². The van der Waals surface area contributed by atoms with E-state index in [1.165, 1.54) is 0 Å². The van der Waals surface area contributed by atoms with Crippen LogP contribution < -0.4 is 0 Å². The summed E-state index contributed by atoms with van der Waals surface area (Å²) in [7, 11) is 0. The molecule has 12 heavy (non-hydrogen) atoms. The zero-order valence-electron chi connectivity index (χ0n) is 6.77. The van der Waals surface area contributed by atoms with Crippen molar-refractivity contribution in [2.45, 2.75) is 0 Å². The van der Waals surface area contributed by atoms with Crippen molar-refractivity contribution in [2.24, 2.45) is 4.99 Å². The van der Waals surface area contributed by atoms with Crippen LogP contribution in [0, 0.1) is 0 Å². The quantitative estimate of drug-likeness (QED) is 0.489. The lowest BCUT2D eigenvalue weighted by molar-refractivity contribution is 1.30. The normalized spacial score (nSPS) is 10.8. The van der Waals surface area contributed by atoms with E-state index in [9.17, 15) is 0 Å². The van der Waals surface area contributed by atoms with E-state index < -0.39 is 0 Å². The van der Waals surface area contributed by atoms with E-state index in [0.717, 1.165) is 11.3 Å². The van der Waals surface area contributed by atoms with Gasteiger partial charge in [0.05, 0.1) is 5.70 Å². The highest BCUT2D eigenvalue weighted by molar-refractivity contribution is 5.68. The van der Waals surface area contributed by atoms with E-state index in [-0.39, 0.29) is 0 Å². The molecule has 0 atom stereocenters. The lowest BCUT2D eigenvalue weighted by Gasteiger charge is -1.97. The first-order valence-corrected chi connectivity index (χ1v) is 3.58. The summed E-state index contributed by atoms with van der Waals surface area (Å²) in [5.41, 5.74) is 1.74. The van der Waals surface area contributed by atoms with E-state index in [0.29, 0.717) is 0 Å². The Labute approximate surface area is 72.0 Å². The smallest absolute Gasteiger partial charge is 0.0709 e. The van der Waals surface area contributed by atoms with Crippen molar-refractivity contribution in [3.8, 4) is 0 Å². The summed E-state index contributed by atoms with van der Waals surface area (Å²) < 4.78 is 0. The lowest BCUT2D eigenvalue weighted by atomic mass is 10.2. The molecule has 0 spiro atoms. The Morgan fingerprint density at radius 1 is 1.58 bits per heavy atom. The third-order valence-corrected chi connectivity index (χ3v) is 1.40. The van der Waals surface area contributed by atoms with Crippen LogP contribution in [0.25, 0.3) is 5.70 Å². The third-order valence-electron chi connectivity index (χ3n) is 1.40. The summed E-state index contributed by atoms with van der Waals surface area (Å²) in [6.07, 6.45) is 6.93. The number of aromatic nitrogens is 1. The van der Waals surface area contributed by atoms with Crippen LogP contribution in [-0.2, 0) is 0 Å². The van der Waals surface area contributed by atoms with Crippen LogP contribution in [0.3, 0.4) is 0 Å². The van der Waals surface area contributed by atoms with Gasteiger partial charge in [-0.05, 0) is 24.9 Å². The van der Waals surface area contributed by atoms with Crippen LogP contribution >= 0.6 is 0 Å². The van der Waals surface area contributed by atoms with Gasteiger partial charge < -0.3 is 0 Å². The SMILES string of the molecule is C=C/C=C(\N=C)c1cccnc1. The van der Waals surface area contributed by atoms with Crippen LogP contribution in [0.5, 0.6) is 0 Å². The summed E-state index contributed by atoms with van der Waals surface area (Å²) in [6, 6.07) is 3.79. The summed E-state index contributed by atoms with van der Waals surface area (Å²) in [4.78, 5) is 7.82. The van der Waals surface area contributed by atoms with Crippen LogP contribution in [0.2, 0.25) is 0 Å². The van der Waals surface area contributed by atoms with E-state index in [4.69, 9.17) is 0 Å². The van der Waals surface area contributed by atoms with Gasteiger partial charge in [0.15, 0.2) is 0 Å². The maximum absolute atomic E-state index is 3.97. The minimum absolute atomic E-state index is 0.790. The van der Waals surface area contributed by atoms with Gasteiger partial charge in [0.25, 0.3) is 0 Å². The van der Waals surface area contributed by atoms with Crippen molar-refractivity contribution in [2.75, 3.05) is 0 Å². The number of allylic oxidation sites excluding steroid dienone is 2. The van der Waals surface area contributed by atoms with E-state index in [2.05, 4.69) is 23.3 Å². The first-order valence-electron chi connectivity index (χ1n) is 3.58. The average Bonchev–Trinajstić information content (AvgIpc) is 2.15.